The summed E-state index contributed by atoms with van der Waals surface area (Å²) in [6.07, 6.45) is -14.6. The van der Waals surface area contributed by atoms with E-state index in [1.54, 1.807) is 0 Å². The van der Waals surface area contributed by atoms with Gasteiger partial charge in [-0.15, -0.1) is 0 Å². The normalized spacial score (nSPS) is 32.8. The van der Waals surface area contributed by atoms with Crippen molar-refractivity contribution in [1.29, 1.82) is 0 Å². The fourth-order valence-electron chi connectivity index (χ4n) is 6.32. The highest BCUT2D eigenvalue weighted by atomic mass is 32.2. The van der Waals surface area contributed by atoms with Crippen molar-refractivity contribution in [2.24, 2.45) is 17.3 Å². The fourth-order valence-corrected chi connectivity index (χ4v) is 7.34. The molecule has 4 rings (SSSR count). The molecule has 37 heavy (non-hydrogen) atoms. The summed E-state index contributed by atoms with van der Waals surface area (Å²) in [7, 11) is -8.00. The Hall–Kier alpha value is -1.50. The van der Waals surface area contributed by atoms with E-state index in [1.807, 2.05) is 0 Å². The zero-order valence-electron chi connectivity index (χ0n) is 18.1. The highest BCUT2D eigenvalue weighted by molar-refractivity contribution is 7.88. The first-order chi connectivity index (χ1) is 16.2. The van der Waals surface area contributed by atoms with Crippen molar-refractivity contribution in [3.8, 4) is 0 Å². The summed E-state index contributed by atoms with van der Waals surface area (Å²) in [5.41, 5.74) is -2.88. The summed E-state index contributed by atoms with van der Waals surface area (Å²) in [6.45, 7) is -1.41. The van der Waals surface area contributed by atoms with Crippen molar-refractivity contribution in [3.63, 3.8) is 0 Å². The lowest BCUT2D eigenvalue weighted by molar-refractivity contribution is -0.408. The van der Waals surface area contributed by atoms with Crippen LogP contribution >= 0.6 is 0 Å². The SMILES string of the molecule is O=C(OCC12CC3CC(CC(O)(C3)C1)C2)C(C(F)(F)F)(C(F)(F)C(F)(F)C(F)(F)C(F)(F)F)S(=O)(=O)O. The maximum absolute atomic E-state index is 14.6. The summed E-state index contributed by atoms with van der Waals surface area (Å²) in [5, 5.41) is 10.6. The van der Waals surface area contributed by atoms with Gasteiger partial charge >= 0.3 is 40.8 Å². The second-order valence-corrected chi connectivity index (χ2v) is 11.7. The molecule has 3 unspecified atom stereocenters. The quantitative estimate of drug-likeness (QED) is 0.257. The third-order valence-electron chi connectivity index (χ3n) is 7.32. The van der Waals surface area contributed by atoms with Crippen molar-refractivity contribution in [2.75, 3.05) is 6.61 Å². The Morgan fingerprint density at radius 3 is 1.59 bits per heavy atom. The van der Waals surface area contributed by atoms with Gasteiger partial charge in [0.1, 0.15) is 0 Å². The molecule has 0 aromatic carbocycles. The minimum Gasteiger partial charge on any atom is -0.463 e. The van der Waals surface area contributed by atoms with Gasteiger partial charge in [0.25, 0.3) is 10.1 Å². The van der Waals surface area contributed by atoms with E-state index in [9.17, 15) is 71.0 Å². The number of aliphatic hydroxyl groups is 1. The van der Waals surface area contributed by atoms with Crippen molar-refractivity contribution < 1.29 is 80.3 Å². The van der Waals surface area contributed by atoms with E-state index in [0.717, 1.165) is 0 Å². The molecule has 4 aliphatic carbocycles. The first-order valence-electron chi connectivity index (χ1n) is 10.3. The van der Waals surface area contributed by atoms with Gasteiger partial charge in [0.15, 0.2) is 0 Å². The number of carbonyl (C=O) groups excluding carboxylic acids is 1. The summed E-state index contributed by atoms with van der Waals surface area (Å²) < 4.78 is 191. The van der Waals surface area contributed by atoms with Crippen molar-refractivity contribution >= 4 is 16.1 Å². The van der Waals surface area contributed by atoms with Crippen LogP contribution in [0.15, 0.2) is 0 Å². The lowest BCUT2D eigenvalue weighted by Gasteiger charge is -2.60. The van der Waals surface area contributed by atoms with Gasteiger partial charge in [0, 0.05) is 5.41 Å². The molecule has 3 atom stereocenters. The van der Waals surface area contributed by atoms with Crippen LogP contribution in [0.4, 0.5) is 52.7 Å². The Labute approximate surface area is 200 Å². The Balaban J connectivity index is 2.10. The minimum absolute atomic E-state index is 0.00266. The number of hydrogen-bond acceptors (Lipinski definition) is 5. The molecule has 4 aliphatic rings. The largest absolute Gasteiger partial charge is 0.463 e. The van der Waals surface area contributed by atoms with Gasteiger partial charge in [0.2, 0.25) is 0 Å². The molecular formula is C18H18F12O6S. The Kier molecular flexibility index (Phi) is 6.51. The van der Waals surface area contributed by atoms with Crippen LogP contribution in [0.2, 0.25) is 0 Å². The first-order valence-corrected chi connectivity index (χ1v) is 11.8. The Morgan fingerprint density at radius 1 is 0.784 bits per heavy atom. The summed E-state index contributed by atoms with van der Waals surface area (Å²) >= 11 is 0. The fraction of sp³-hybridized carbons (Fsp3) is 0.944. The van der Waals surface area contributed by atoms with E-state index < -0.39 is 68.6 Å². The number of ether oxygens (including phenoxy) is 1. The monoisotopic (exact) mass is 590 g/mol. The average molecular weight is 590 g/mol. The standard InChI is InChI=1S/C18H18F12O6S/c19-14(20,15(21,22)16(23,24)18(28,29)30)13(17(25,26)27,37(33,34)35)10(31)36-7-11-2-8-1-9(3-11)5-12(32,4-8)6-11/h8-9,32H,1-7H2,(H,33,34,35). The van der Waals surface area contributed by atoms with Crippen LogP contribution in [0.5, 0.6) is 0 Å². The zero-order chi connectivity index (χ0) is 28.9. The van der Waals surface area contributed by atoms with Crippen molar-refractivity contribution in [3.05, 3.63) is 0 Å². The number of hydrogen-bond donors (Lipinski definition) is 2. The average Bonchev–Trinajstić information content (AvgIpc) is 2.61. The Bertz CT molecular complexity index is 1040. The predicted octanol–water partition coefficient (Wildman–Crippen LogP) is 4.52. The van der Waals surface area contributed by atoms with Crippen LogP contribution in [-0.4, -0.2) is 71.1 Å². The first kappa shape index (κ1) is 30.0. The molecule has 0 spiro atoms. The van der Waals surface area contributed by atoms with E-state index in [4.69, 9.17) is 4.55 Å². The molecule has 19 heteroatoms. The van der Waals surface area contributed by atoms with Crippen LogP contribution in [0.25, 0.3) is 0 Å². The number of carbonyl (C=O) groups is 1. The molecule has 2 N–H and O–H groups in total. The van der Waals surface area contributed by atoms with Gasteiger partial charge in [0.05, 0.1) is 12.2 Å². The lowest BCUT2D eigenvalue weighted by Crippen LogP contribution is -2.77. The van der Waals surface area contributed by atoms with Crippen LogP contribution in [0, 0.1) is 17.3 Å². The lowest BCUT2D eigenvalue weighted by atomic mass is 9.48. The molecule has 216 valence electrons. The van der Waals surface area contributed by atoms with Crippen LogP contribution in [-0.2, 0) is 19.6 Å². The molecule has 4 saturated carbocycles. The van der Waals surface area contributed by atoms with E-state index in [-0.39, 0.29) is 43.9 Å². The van der Waals surface area contributed by atoms with Gasteiger partial charge in [-0.2, -0.15) is 61.1 Å². The molecule has 4 fully saturated rings. The molecule has 0 aliphatic heterocycles. The summed E-state index contributed by atoms with van der Waals surface area (Å²) in [5.74, 6) is -29.0. The molecular weight excluding hydrogens is 572 g/mol. The molecule has 6 nitrogen and oxygen atoms in total. The molecule has 0 saturated heterocycles. The van der Waals surface area contributed by atoms with E-state index in [2.05, 4.69) is 4.74 Å². The minimum atomic E-state index is -8.25. The molecule has 4 bridgehead atoms. The smallest absolute Gasteiger partial charge is 0.460 e. The second-order valence-electron chi connectivity index (χ2n) is 10.1. The third-order valence-corrected chi connectivity index (χ3v) is 8.75. The number of alkyl halides is 12. The third kappa shape index (κ3) is 4.08. The van der Waals surface area contributed by atoms with E-state index in [1.165, 1.54) is 0 Å². The summed E-state index contributed by atoms with van der Waals surface area (Å²) in [4.78, 5) is 12.3. The molecule has 0 aromatic rings. The highest BCUT2D eigenvalue weighted by Gasteiger charge is 2.95. The molecule has 0 amide bonds. The van der Waals surface area contributed by atoms with Gasteiger partial charge < -0.3 is 9.84 Å². The number of halogens is 12. The topological polar surface area (TPSA) is 101 Å². The van der Waals surface area contributed by atoms with Crippen LogP contribution < -0.4 is 0 Å². The van der Waals surface area contributed by atoms with Crippen LogP contribution in [0.3, 0.4) is 0 Å². The maximum Gasteiger partial charge on any atom is 0.460 e. The predicted molar refractivity (Wildman–Crippen MR) is 94.3 cm³/mol. The van der Waals surface area contributed by atoms with Crippen molar-refractivity contribution in [2.45, 2.75) is 79.0 Å². The molecule has 0 heterocycles. The number of rotatable bonds is 7. The van der Waals surface area contributed by atoms with E-state index >= 15 is 0 Å². The summed E-state index contributed by atoms with van der Waals surface area (Å²) in [6, 6.07) is 0. The van der Waals surface area contributed by atoms with E-state index in [0.29, 0.717) is 6.42 Å². The Morgan fingerprint density at radius 2 is 1.24 bits per heavy atom. The number of esters is 1. The highest BCUT2D eigenvalue weighted by Crippen LogP contribution is 2.63. The van der Waals surface area contributed by atoms with Crippen LogP contribution in [0.1, 0.15) is 38.5 Å². The molecule has 0 aromatic heterocycles. The zero-order valence-corrected chi connectivity index (χ0v) is 18.9. The maximum atomic E-state index is 14.6. The second kappa shape index (κ2) is 8.02. The van der Waals surface area contributed by atoms with Gasteiger partial charge in [-0.1, -0.05) is 0 Å². The van der Waals surface area contributed by atoms with Gasteiger partial charge in [-0.05, 0) is 50.4 Å². The van der Waals surface area contributed by atoms with Gasteiger partial charge in [-0.3, -0.25) is 4.55 Å². The molecule has 0 radical (unpaired) electrons. The van der Waals surface area contributed by atoms with Crippen molar-refractivity contribution in [1.82, 2.24) is 0 Å². The van der Waals surface area contributed by atoms with Gasteiger partial charge in [-0.25, -0.2) is 4.79 Å².